The predicted octanol–water partition coefficient (Wildman–Crippen LogP) is 3.55. The largest absolute Gasteiger partial charge is 0.416 e. The van der Waals surface area contributed by atoms with E-state index in [4.69, 9.17) is 0 Å². The van der Waals surface area contributed by atoms with Gasteiger partial charge >= 0.3 is 6.18 Å². The second-order valence-corrected chi connectivity index (χ2v) is 8.35. The monoisotopic (exact) mass is 482 g/mol. The maximum atomic E-state index is 13.1. The van der Waals surface area contributed by atoms with Crippen molar-refractivity contribution in [1.29, 1.82) is 0 Å². The van der Waals surface area contributed by atoms with Gasteiger partial charge in [-0.05, 0) is 42.7 Å². The van der Waals surface area contributed by atoms with Crippen LogP contribution >= 0.6 is 0 Å². The van der Waals surface area contributed by atoms with Crippen LogP contribution in [0.3, 0.4) is 0 Å². The summed E-state index contributed by atoms with van der Waals surface area (Å²) in [4.78, 5) is 37.4. The quantitative estimate of drug-likeness (QED) is 0.390. The maximum absolute atomic E-state index is 13.1. The van der Waals surface area contributed by atoms with Gasteiger partial charge < -0.3 is 15.6 Å². The van der Waals surface area contributed by atoms with Gasteiger partial charge in [-0.1, -0.05) is 12.1 Å². The van der Waals surface area contributed by atoms with Gasteiger partial charge in [-0.3, -0.25) is 19.1 Å². The first kappa shape index (κ1) is 22.6. The second-order valence-electron chi connectivity index (χ2n) is 8.35. The highest BCUT2D eigenvalue weighted by molar-refractivity contribution is 5.82. The van der Waals surface area contributed by atoms with Crippen LogP contribution in [0, 0.1) is 0 Å². The number of pyridine rings is 1. The summed E-state index contributed by atoms with van der Waals surface area (Å²) in [5, 5.41) is 6.62. The zero-order valence-corrected chi connectivity index (χ0v) is 18.4. The SMILES string of the molecule is O=C(NCc1cc2cnccc2[nH]1)[C@@H]1CCc2cnc(NCc3cccc(C(F)(F)F)c3)c(=O)n21. The van der Waals surface area contributed by atoms with E-state index >= 15 is 0 Å². The number of benzene rings is 1. The van der Waals surface area contributed by atoms with E-state index in [-0.39, 0.29) is 24.8 Å². The third kappa shape index (κ3) is 4.61. The van der Waals surface area contributed by atoms with Crippen molar-refractivity contribution in [2.45, 2.75) is 38.1 Å². The molecule has 1 amide bonds. The smallest absolute Gasteiger partial charge is 0.361 e. The van der Waals surface area contributed by atoms with Gasteiger partial charge in [-0.25, -0.2) is 4.98 Å². The van der Waals surface area contributed by atoms with Gasteiger partial charge in [0, 0.05) is 47.4 Å². The number of rotatable bonds is 6. The molecule has 5 rings (SSSR count). The number of carbonyl (C=O) groups excluding carboxylic acids is 1. The van der Waals surface area contributed by atoms with E-state index in [1.807, 2.05) is 12.1 Å². The molecule has 0 radical (unpaired) electrons. The maximum Gasteiger partial charge on any atom is 0.416 e. The summed E-state index contributed by atoms with van der Waals surface area (Å²) < 4.78 is 40.3. The number of aromatic amines is 1. The number of halogens is 3. The zero-order chi connectivity index (χ0) is 24.6. The first-order chi connectivity index (χ1) is 16.8. The highest BCUT2D eigenvalue weighted by Gasteiger charge is 2.31. The van der Waals surface area contributed by atoms with Gasteiger partial charge in [0.25, 0.3) is 5.56 Å². The minimum absolute atomic E-state index is 0.0163. The number of H-pyrrole nitrogens is 1. The standard InChI is InChI=1S/C24H21F3N6O2/c25-24(26,27)16-3-1-2-14(8-16)10-29-21-23(35)33-18(13-30-21)4-5-20(33)22(34)31-12-17-9-15-11-28-7-6-19(15)32-17/h1-3,6-9,11,13,20,32H,4-5,10,12H2,(H,29,30)(H,31,34)/t20-/m0/s1. The van der Waals surface area contributed by atoms with Crippen molar-refractivity contribution in [3.8, 4) is 0 Å². The fourth-order valence-corrected chi connectivity index (χ4v) is 4.28. The van der Waals surface area contributed by atoms with Gasteiger partial charge in [0.15, 0.2) is 5.82 Å². The molecule has 4 aromatic rings. The Kier molecular flexibility index (Phi) is 5.75. The van der Waals surface area contributed by atoms with Gasteiger partial charge in [-0.15, -0.1) is 0 Å². The van der Waals surface area contributed by atoms with Crippen LogP contribution in [-0.2, 0) is 30.5 Å². The molecule has 180 valence electrons. The molecular formula is C24H21F3N6O2. The Morgan fingerprint density at radius 2 is 2.03 bits per heavy atom. The highest BCUT2D eigenvalue weighted by atomic mass is 19.4. The molecule has 3 N–H and O–H groups in total. The number of hydrogen-bond acceptors (Lipinski definition) is 5. The van der Waals surface area contributed by atoms with Gasteiger partial charge in [0.05, 0.1) is 12.1 Å². The Morgan fingerprint density at radius 1 is 1.17 bits per heavy atom. The molecule has 1 aliphatic heterocycles. The molecule has 0 spiro atoms. The molecular weight excluding hydrogens is 461 g/mol. The Hall–Kier alpha value is -4.15. The average molecular weight is 482 g/mol. The Morgan fingerprint density at radius 3 is 2.83 bits per heavy atom. The molecule has 1 aromatic carbocycles. The zero-order valence-electron chi connectivity index (χ0n) is 18.4. The lowest BCUT2D eigenvalue weighted by atomic mass is 10.1. The number of nitrogens with one attached hydrogen (secondary N) is 3. The van der Waals surface area contributed by atoms with E-state index in [2.05, 4.69) is 25.6 Å². The van der Waals surface area contributed by atoms with Gasteiger partial charge in [0.1, 0.15) is 6.04 Å². The van der Waals surface area contributed by atoms with Crippen molar-refractivity contribution >= 4 is 22.6 Å². The summed E-state index contributed by atoms with van der Waals surface area (Å²) in [6, 6.07) is 7.90. The van der Waals surface area contributed by atoms with Crippen LogP contribution in [0.4, 0.5) is 19.0 Å². The topological polar surface area (TPSA) is 105 Å². The normalized spacial score (nSPS) is 15.2. The number of amides is 1. The molecule has 0 fully saturated rings. The molecule has 0 saturated heterocycles. The highest BCUT2D eigenvalue weighted by Crippen LogP contribution is 2.29. The number of hydrogen-bond donors (Lipinski definition) is 3. The van der Waals surface area contributed by atoms with Crippen molar-refractivity contribution in [2.75, 3.05) is 5.32 Å². The number of nitrogens with zero attached hydrogens (tertiary/aromatic N) is 3. The lowest BCUT2D eigenvalue weighted by Crippen LogP contribution is -2.36. The van der Waals surface area contributed by atoms with Crippen molar-refractivity contribution < 1.29 is 18.0 Å². The van der Waals surface area contributed by atoms with Crippen LogP contribution < -0.4 is 16.2 Å². The molecule has 4 heterocycles. The van der Waals surface area contributed by atoms with Gasteiger partial charge in [-0.2, -0.15) is 13.2 Å². The summed E-state index contributed by atoms with van der Waals surface area (Å²) in [5.74, 6) is -0.313. The van der Waals surface area contributed by atoms with E-state index in [9.17, 15) is 22.8 Å². The number of aromatic nitrogens is 4. The lowest BCUT2D eigenvalue weighted by molar-refractivity contribution is -0.137. The molecule has 3 aromatic heterocycles. The molecule has 0 bridgehead atoms. The van der Waals surface area contributed by atoms with Crippen molar-refractivity contribution in [3.05, 3.63) is 87.9 Å². The first-order valence-electron chi connectivity index (χ1n) is 11.0. The van der Waals surface area contributed by atoms with E-state index in [1.54, 1.807) is 12.4 Å². The third-order valence-electron chi connectivity index (χ3n) is 6.01. The van der Waals surface area contributed by atoms with E-state index in [0.29, 0.717) is 24.1 Å². The number of anilines is 1. The molecule has 0 unspecified atom stereocenters. The van der Waals surface area contributed by atoms with Gasteiger partial charge in [0.2, 0.25) is 5.91 Å². The predicted molar refractivity (Wildman–Crippen MR) is 123 cm³/mol. The van der Waals surface area contributed by atoms with Crippen molar-refractivity contribution in [1.82, 2.24) is 24.8 Å². The summed E-state index contributed by atoms with van der Waals surface area (Å²) in [5.41, 5.74) is 1.47. The Labute approximate surface area is 197 Å². The second kappa shape index (κ2) is 8.90. The van der Waals surface area contributed by atoms with Crippen molar-refractivity contribution in [3.63, 3.8) is 0 Å². The van der Waals surface area contributed by atoms with Crippen LogP contribution in [-0.4, -0.2) is 25.4 Å². The Bertz CT molecular complexity index is 1430. The van der Waals surface area contributed by atoms with Crippen LogP contribution in [0.1, 0.15) is 35.0 Å². The van der Waals surface area contributed by atoms with Crippen LogP contribution in [0.15, 0.2) is 59.8 Å². The Balaban J connectivity index is 1.29. The molecule has 0 aliphatic carbocycles. The number of carbonyl (C=O) groups is 1. The number of aryl methyl sites for hydroxylation is 1. The summed E-state index contributed by atoms with van der Waals surface area (Å²) in [6.45, 7) is 0.247. The number of fused-ring (bicyclic) bond motifs is 2. The third-order valence-corrected chi connectivity index (χ3v) is 6.01. The molecule has 1 atom stereocenters. The van der Waals surface area contributed by atoms with Crippen LogP contribution in [0.25, 0.3) is 10.9 Å². The van der Waals surface area contributed by atoms with E-state index < -0.39 is 23.3 Å². The number of alkyl halides is 3. The molecule has 35 heavy (non-hydrogen) atoms. The molecule has 11 heteroatoms. The minimum Gasteiger partial charge on any atom is -0.361 e. The minimum atomic E-state index is -4.45. The molecule has 8 nitrogen and oxygen atoms in total. The van der Waals surface area contributed by atoms with Crippen LogP contribution in [0.5, 0.6) is 0 Å². The lowest BCUT2D eigenvalue weighted by Gasteiger charge is -2.16. The van der Waals surface area contributed by atoms with Crippen LogP contribution in [0.2, 0.25) is 0 Å². The summed E-state index contributed by atoms with van der Waals surface area (Å²) in [7, 11) is 0. The first-order valence-corrected chi connectivity index (χ1v) is 11.0. The molecule has 0 saturated carbocycles. The average Bonchev–Trinajstić information content (AvgIpc) is 3.46. The van der Waals surface area contributed by atoms with E-state index in [0.717, 1.165) is 28.7 Å². The fraction of sp³-hybridized carbons (Fsp3) is 0.250. The molecule has 1 aliphatic rings. The van der Waals surface area contributed by atoms with Crippen molar-refractivity contribution in [2.24, 2.45) is 0 Å². The summed E-state index contributed by atoms with van der Waals surface area (Å²) in [6.07, 6.45) is 1.45. The van der Waals surface area contributed by atoms with E-state index in [1.165, 1.54) is 22.9 Å². The fourth-order valence-electron chi connectivity index (χ4n) is 4.28. The summed E-state index contributed by atoms with van der Waals surface area (Å²) >= 11 is 0.